The topological polar surface area (TPSA) is 85.4 Å². The molecule has 0 unspecified atom stereocenters. The molecule has 0 aliphatic heterocycles. The van der Waals surface area contributed by atoms with Crippen LogP contribution < -0.4 is 9.47 Å². The molecular formula is C25H30N2O6. The van der Waals surface area contributed by atoms with Crippen LogP contribution in [0.3, 0.4) is 0 Å². The zero-order valence-corrected chi connectivity index (χ0v) is 19.4. The summed E-state index contributed by atoms with van der Waals surface area (Å²) in [6.45, 7) is 4.42. The number of hydrogen-bond donors (Lipinski definition) is 0. The molecule has 0 N–H and O–H groups in total. The largest absolute Gasteiger partial charge is 0.493 e. The molecule has 8 heteroatoms. The van der Waals surface area contributed by atoms with Crippen LogP contribution in [0.2, 0.25) is 0 Å². The zero-order valence-electron chi connectivity index (χ0n) is 19.4. The first-order valence-corrected chi connectivity index (χ1v) is 10.8. The number of amides is 2. The molecule has 0 saturated carbocycles. The van der Waals surface area contributed by atoms with Crippen molar-refractivity contribution in [3.63, 3.8) is 0 Å². The van der Waals surface area contributed by atoms with Gasteiger partial charge in [0.15, 0.2) is 17.3 Å². The highest BCUT2D eigenvalue weighted by molar-refractivity contribution is 5.94. The summed E-state index contributed by atoms with van der Waals surface area (Å²) in [5, 5.41) is 0. The van der Waals surface area contributed by atoms with Crippen molar-refractivity contribution in [3.05, 3.63) is 72.1 Å². The van der Waals surface area contributed by atoms with E-state index in [4.69, 9.17) is 18.3 Å². The summed E-state index contributed by atoms with van der Waals surface area (Å²) >= 11 is 0. The van der Waals surface area contributed by atoms with Crippen molar-refractivity contribution < 1.29 is 27.9 Å². The average molecular weight is 455 g/mol. The van der Waals surface area contributed by atoms with Crippen LogP contribution in [0.25, 0.3) is 0 Å². The Morgan fingerprint density at radius 2 is 1.70 bits per heavy atom. The van der Waals surface area contributed by atoms with Gasteiger partial charge in [0, 0.05) is 12.6 Å². The third-order valence-corrected chi connectivity index (χ3v) is 5.32. The quantitative estimate of drug-likeness (QED) is 0.435. The number of nitrogens with zero attached hydrogens (tertiary/aromatic N) is 2. The zero-order chi connectivity index (χ0) is 23.8. The molecule has 0 aliphatic carbocycles. The molecular weight excluding hydrogens is 424 g/mol. The van der Waals surface area contributed by atoms with E-state index in [9.17, 15) is 9.59 Å². The first-order valence-electron chi connectivity index (χ1n) is 10.8. The van der Waals surface area contributed by atoms with Crippen LogP contribution in [-0.4, -0.2) is 55.0 Å². The molecule has 1 aromatic carbocycles. The van der Waals surface area contributed by atoms with Crippen LogP contribution in [0, 0.1) is 0 Å². The second kappa shape index (κ2) is 11.3. The van der Waals surface area contributed by atoms with E-state index in [0.717, 1.165) is 5.56 Å². The molecule has 8 nitrogen and oxygen atoms in total. The van der Waals surface area contributed by atoms with Gasteiger partial charge in [-0.3, -0.25) is 9.59 Å². The molecule has 0 atom stereocenters. The van der Waals surface area contributed by atoms with E-state index in [1.165, 1.54) is 11.2 Å². The number of furan rings is 2. The molecule has 2 amide bonds. The summed E-state index contributed by atoms with van der Waals surface area (Å²) < 4.78 is 21.4. The molecule has 3 rings (SSSR count). The van der Waals surface area contributed by atoms with Crippen molar-refractivity contribution >= 4 is 11.8 Å². The maximum Gasteiger partial charge on any atom is 0.290 e. The van der Waals surface area contributed by atoms with Crippen LogP contribution in [-0.2, 0) is 17.8 Å². The Morgan fingerprint density at radius 3 is 2.30 bits per heavy atom. The highest BCUT2D eigenvalue weighted by Gasteiger charge is 2.26. The highest BCUT2D eigenvalue weighted by atomic mass is 16.5. The monoisotopic (exact) mass is 454 g/mol. The van der Waals surface area contributed by atoms with Gasteiger partial charge in [-0.1, -0.05) is 6.07 Å². The maximum atomic E-state index is 13.3. The van der Waals surface area contributed by atoms with Gasteiger partial charge < -0.3 is 28.1 Å². The van der Waals surface area contributed by atoms with Crippen LogP contribution in [0.1, 0.15) is 35.7 Å². The van der Waals surface area contributed by atoms with Crippen molar-refractivity contribution in [1.82, 2.24) is 9.80 Å². The van der Waals surface area contributed by atoms with Crippen molar-refractivity contribution in [1.29, 1.82) is 0 Å². The molecule has 0 bridgehead atoms. The predicted octanol–water partition coefficient (Wildman–Crippen LogP) is 4.01. The van der Waals surface area contributed by atoms with Gasteiger partial charge in [0.05, 0.1) is 33.3 Å². The number of carbonyl (C=O) groups excluding carboxylic acids is 2. The molecule has 2 aromatic heterocycles. The maximum absolute atomic E-state index is 13.3. The predicted molar refractivity (Wildman–Crippen MR) is 122 cm³/mol. The van der Waals surface area contributed by atoms with Crippen LogP contribution in [0.15, 0.2) is 63.8 Å². The van der Waals surface area contributed by atoms with E-state index in [-0.39, 0.29) is 30.2 Å². The lowest BCUT2D eigenvalue weighted by molar-refractivity contribution is -0.133. The molecule has 0 radical (unpaired) electrons. The fourth-order valence-electron chi connectivity index (χ4n) is 3.46. The molecule has 0 fully saturated rings. The standard InChI is InChI=1S/C25H30N2O6/c1-18(2)27(25(29)22-8-6-14-33-22)17-24(28)26(16-20-7-5-13-32-20)12-11-19-9-10-21(30-3)23(15-19)31-4/h5-10,13-15,18H,11-12,16-17H2,1-4H3. The average Bonchev–Trinajstić information content (AvgIpc) is 3.53. The lowest BCUT2D eigenvalue weighted by atomic mass is 10.1. The van der Waals surface area contributed by atoms with E-state index in [2.05, 4.69) is 0 Å². The first-order chi connectivity index (χ1) is 15.9. The summed E-state index contributed by atoms with van der Waals surface area (Å²) in [6, 6.07) is 12.4. The molecule has 0 aliphatic rings. The Balaban J connectivity index is 1.75. The van der Waals surface area contributed by atoms with Crippen LogP contribution >= 0.6 is 0 Å². The minimum absolute atomic E-state index is 0.0656. The Kier molecular flexibility index (Phi) is 8.18. The van der Waals surface area contributed by atoms with Crippen LogP contribution in [0.5, 0.6) is 11.5 Å². The van der Waals surface area contributed by atoms with Gasteiger partial charge in [-0.2, -0.15) is 0 Å². The first kappa shape index (κ1) is 24.0. The Morgan fingerprint density at radius 1 is 0.970 bits per heavy atom. The van der Waals surface area contributed by atoms with Crippen LogP contribution in [0.4, 0.5) is 0 Å². The second-order valence-corrected chi connectivity index (χ2v) is 7.84. The minimum Gasteiger partial charge on any atom is -0.493 e. The number of ether oxygens (including phenoxy) is 2. The molecule has 0 spiro atoms. The normalized spacial score (nSPS) is 10.8. The summed E-state index contributed by atoms with van der Waals surface area (Å²) in [7, 11) is 3.18. The highest BCUT2D eigenvalue weighted by Crippen LogP contribution is 2.27. The van der Waals surface area contributed by atoms with Crippen molar-refractivity contribution in [3.8, 4) is 11.5 Å². The lowest BCUT2D eigenvalue weighted by Crippen LogP contribution is -2.46. The SMILES string of the molecule is COc1ccc(CCN(Cc2ccco2)C(=O)CN(C(=O)c2ccco2)C(C)C)cc1OC. The van der Waals surface area contributed by atoms with Gasteiger partial charge in [-0.25, -0.2) is 0 Å². The van der Waals surface area contributed by atoms with Gasteiger partial charge in [0.2, 0.25) is 5.91 Å². The summed E-state index contributed by atoms with van der Waals surface area (Å²) in [4.78, 5) is 29.4. The van der Waals surface area contributed by atoms with Gasteiger partial charge in [0.25, 0.3) is 5.91 Å². The van der Waals surface area contributed by atoms with Gasteiger partial charge in [-0.15, -0.1) is 0 Å². The third-order valence-electron chi connectivity index (χ3n) is 5.32. The fraction of sp³-hybridized carbons (Fsp3) is 0.360. The van der Waals surface area contributed by atoms with Crippen molar-refractivity contribution in [2.24, 2.45) is 0 Å². The fourth-order valence-corrected chi connectivity index (χ4v) is 3.46. The van der Waals surface area contributed by atoms with E-state index in [1.807, 2.05) is 38.1 Å². The summed E-state index contributed by atoms with van der Waals surface area (Å²) in [6.07, 6.45) is 3.62. The number of methoxy groups -OCH3 is 2. The number of hydrogen-bond acceptors (Lipinski definition) is 6. The number of rotatable bonds is 11. The van der Waals surface area contributed by atoms with Gasteiger partial charge in [-0.05, 0) is 62.2 Å². The summed E-state index contributed by atoms with van der Waals surface area (Å²) in [5.74, 6) is 1.66. The molecule has 0 saturated heterocycles. The van der Waals surface area contributed by atoms with Gasteiger partial charge in [0.1, 0.15) is 12.3 Å². The van der Waals surface area contributed by atoms with E-state index in [0.29, 0.717) is 36.8 Å². The Labute approximate surface area is 193 Å². The molecule has 3 aromatic rings. The van der Waals surface area contributed by atoms with Crippen molar-refractivity contribution in [2.45, 2.75) is 32.9 Å². The number of benzene rings is 1. The summed E-state index contributed by atoms with van der Waals surface area (Å²) in [5.41, 5.74) is 0.997. The van der Waals surface area contributed by atoms with E-state index >= 15 is 0 Å². The van der Waals surface area contributed by atoms with Crippen molar-refractivity contribution in [2.75, 3.05) is 27.3 Å². The smallest absolute Gasteiger partial charge is 0.290 e. The second-order valence-electron chi connectivity index (χ2n) is 7.84. The van der Waals surface area contributed by atoms with E-state index < -0.39 is 0 Å². The Bertz CT molecular complexity index is 1030. The minimum atomic E-state index is -0.318. The third kappa shape index (κ3) is 6.19. The van der Waals surface area contributed by atoms with E-state index in [1.54, 1.807) is 43.6 Å². The molecule has 33 heavy (non-hydrogen) atoms. The Hall–Kier alpha value is -3.68. The number of carbonyl (C=O) groups is 2. The van der Waals surface area contributed by atoms with Gasteiger partial charge >= 0.3 is 0 Å². The lowest BCUT2D eigenvalue weighted by Gasteiger charge is -2.29. The molecule has 176 valence electrons. The molecule has 2 heterocycles.